The third-order valence-electron chi connectivity index (χ3n) is 9.18. The van der Waals surface area contributed by atoms with Crippen molar-refractivity contribution in [3.63, 3.8) is 0 Å². The number of aliphatic hydroxyl groups excluding tert-OH is 1. The molecule has 1 aliphatic heterocycles. The molecule has 0 bridgehead atoms. The molecule has 4 aromatic rings. The fourth-order valence-electron chi connectivity index (χ4n) is 6.36. The van der Waals surface area contributed by atoms with E-state index < -0.39 is 30.7 Å². The minimum absolute atomic E-state index is 0.286. The molecule has 5 rings (SSSR count). The van der Waals surface area contributed by atoms with Crippen molar-refractivity contribution in [2.45, 2.75) is 108 Å². The summed E-state index contributed by atoms with van der Waals surface area (Å²) in [6, 6.07) is 40.7. The molecule has 4 aromatic carbocycles. The van der Waals surface area contributed by atoms with Crippen LogP contribution >= 0.6 is 0 Å². The number of unbranched alkanes of at least 4 members (excludes halogenated alkanes) is 7. The summed E-state index contributed by atoms with van der Waals surface area (Å²) < 4.78 is 39.9. The van der Waals surface area contributed by atoms with Crippen LogP contribution in [0.25, 0.3) is 0 Å². The second-order valence-corrected chi connectivity index (χ2v) is 13.3. The van der Waals surface area contributed by atoms with Gasteiger partial charge >= 0.3 is 0 Å². The van der Waals surface area contributed by atoms with Crippen LogP contribution < -0.4 is 0 Å². The number of benzene rings is 4. The van der Waals surface area contributed by atoms with Crippen molar-refractivity contribution in [1.82, 2.24) is 0 Å². The van der Waals surface area contributed by atoms with E-state index in [1.54, 1.807) is 0 Å². The Morgan fingerprint density at radius 1 is 0.431 bits per heavy atom. The molecule has 51 heavy (non-hydrogen) atoms. The molecule has 0 amide bonds. The normalized spacial score (nSPS) is 20.4. The largest absolute Gasteiger partial charge is 0.396 e. The zero-order valence-electron chi connectivity index (χ0n) is 29.9. The van der Waals surface area contributed by atoms with Gasteiger partial charge in [0.15, 0.2) is 6.29 Å². The second kappa shape index (κ2) is 23.2. The number of rotatable bonds is 24. The molecule has 7 nitrogen and oxygen atoms in total. The summed E-state index contributed by atoms with van der Waals surface area (Å²) in [5.41, 5.74) is 4.29. The van der Waals surface area contributed by atoms with Crippen molar-refractivity contribution in [2.75, 3.05) is 19.8 Å². The van der Waals surface area contributed by atoms with Crippen LogP contribution in [0, 0.1) is 0 Å². The molecule has 1 N–H and O–H groups in total. The first-order valence-corrected chi connectivity index (χ1v) is 18.8. The minimum atomic E-state index is -0.671. The quantitative estimate of drug-likeness (QED) is 0.0734. The molecule has 0 unspecified atom stereocenters. The van der Waals surface area contributed by atoms with E-state index in [0.717, 1.165) is 54.4 Å². The summed E-state index contributed by atoms with van der Waals surface area (Å²) in [6.07, 6.45) is 6.09. The Bertz CT molecular complexity index is 1420. The predicted octanol–water partition coefficient (Wildman–Crippen LogP) is 8.81. The molecule has 274 valence electrons. The van der Waals surface area contributed by atoms with Crippen molar-refractivity contribution in [2.24, 2.45) is 0 Å². The van der Waals surface area contributed by atoms with E-state index in [4.69, 9.17) is 33.5 Å². The van der Waals surface area contributed by atoms with Gasteiger partial charge < -0.3 is 33.5 Å². The van der Waals surface area contributed by atoms with Gasteiger partial charge in [-0.05, 0) is 35.1 Å². The number of hydrogen-bond donors (Lipinski definition) is 1. The Labute approximate surface area is 304 Å². The van der Waals surface area contributed by atoms with Gasteiger partial charge in [0, 0.05) is 13.2 Å². The first-order valence-electron chi connectivity index (χ1n) is 18.8. The highest BCUT2D eigenvalue weighted by molar-refractivity contribution is 5.16. The lowest BCUT2D eigenvalue weighted by Crippen LogP contribution is -2.61. The van der Waals surface area contributed by atoms with Crippen LogP contribution in [0.3, 0.4) is 0 Å². The molecule has 0 radical (unpaired) electrons. The summed E-state index contributed by atoms with van der Waals surface area (Å²) in [6.45, 7) is 2.78. The van der Waals surface area contributed by atoms with Gasteiger partial charge in [0.2, 0.25) is 0 Å². The highest BCUT2D eigenvalue weighted by Gasteiger charge is 2.49. The van der Waals surface area contributed by atoms with Crippen molar-refractivity contribution in [3.05, 3.63) is 144 Å². The molecule has 7 heteroatoms. The van der Waals surface area contributed by atoms with E-state index in [2.05, 4.69) is 48.5 Å². The average molecular weight is 697 g/mol. The zero-order chi connectivity index (χ0) is 35.2. The van der Waals surface area contributed by atoms with E-state index in [0.29, 0.717) is 39.6 Å². The van der Waals surface area contributed by atoms with E-state index in [1.807, 2.05) is 72.8 Å². The fraction of sp³-hybridized carbons (Fsp3) is 0.455. The van der Waals surface area contributed by atoms with Gasteiger partial charge in [-0.3, -0.25) is 0 Å². The van der Waals surface area contributed by atoms with Crippen molar-refractivity contribution in [1.29, 1.82) is 0 Å². The van der Waals surface area contributed by atoms with Crippen LogP contribution in [0.15, 0.2) is 121 Å². The van der Waals surface area contributed by atoms with Crippen molar-refractivity contribution < 1.29 is 33.5 Å². The van der Waals surface area contributed by atoms with E-state index in [9.17, 15) is 0 Å². The van der Waals surface area contributed by atoms with Gasteiger partial charge in [0.05, 0.1) is 33.0 Å². The monoisotopic (exact) mass is 696 g/mol. The third-order valence-corrected chi connectivity index (χ3v) is 9.18. The van der Waals surface area contributed by atoms with Crippen molar-refractivity contribution >= 4 is 0 Å². The molecule has 1 aliphatic rings. The first kappa shape index (κ1) is 38.8. The van der Waals surface area contributed by atoms with Crippen LogP contribution in [0.4, 0.5) is 0 Å². The minimum Gasteiger partial charge on any atom is -0.396 e. The van der Waals surface area contributed by atoms with Crippen LogP contribution in [-0.4, -0.2) is 55.6 Å². The maximum atomic E-state index is 9.02. The third kappa shape index (κ3) is 13.9. The highest BCUT2D eigenvalue weighted by atomic mass is 16.7. The first-order chi connectivity index (χ1) is 25.3. The van der Waals surface area contributed by atoms with Crippen LogP contribution in [-0.2, 0) is 54.8 Å². The SMILES string of the molecule is OCCCCCCCCCCO[C@@H]1O[C@H](COCc2ccccc2)[C@@H](OCc2ccccc2)[C@H](OCc2ccccc2)[C@H]1OCc1ccccc1. The second-order valence-electron chi connectivity index (χ2n) is 13.3. The Morgan fingerprint density at radius 2 is 0.843 bits per heavy atom. The van der Waals surface area contributed by atoms with E-state index in [1.165, 1.54) is 19.3 Å². The summed E-state index contributed by atoms with van der Waals surface area (Å²) in [5.74, 6) is 0. The lowest BCUT2D eigenvalue weighted by Gasteiger charge is -2.46. The number of hydrogen-bond acceptors (Lipinski definition) is 7. The Kier molecular flexibility index (Phi) is 17.7. The Morgan fingerprint density at radius 3 is 1.33 bits per heavy atom. The standard InChI is InChI=1S/C44H56O7/c45-29-19-5-3-1-2-4-6-20-30-47-44-43(50-34-39-27-17-10-18-28-39)42(49-33-38-25-15-9-16-26-38)41(48-32-37-23-13-8-14-24-37)40(51-44)35-46-31-36-21-11-7-12-22-36/h7-18,21-28,40-45H,1-6,19-20,29-35H2/t40-,41-,42+,43-,44-/m1/s1. The van der Waals surface area contributed by atoms with E-state index in [-0.39, 0.29) is 6.61 Å². The zero-order valence-corrected chi connectivity index (χ0v) is 29.9. The van der Waals surface area contributed by atoms with Gasteiger partial charge in [0.25, 0.3) is 0 Å². The smallest absolute Gasteiger partial charge is 0.186 e. The van der Waals surface area contributed by atoms with Crippen molar-refractivity contribution in [3.8, 4) is 0 Å². The lowest BCUT2D eigenvalue weighted by atomic mass is 9.97. The predicted molar refractivity (Wildman–Crippen MR) is 200 cm³/mol. The summed E-state index contributed by atoms with van der Waals surface area (Å²) in [7, 11) is 0. The molecular formula is C44H56O7. The van der Waals surface area contributed by atoms with Crippen LogP contribution in [0.1, 0.15) is 73.6 Å². The molecule has 1 fully saturated rings. The topological polar surface area (TPSA) is 75.6 Å². The molecule has 5 atom stereocenters. The fourth-order valence-corrected chi connectivity index (χ4v) is 6.36. The Balaban J connectivity index is 1.33. The molecule has 0 spiro atoms. The average Bonchev–Trinajstić information content (AvgIpc) is 3.18. The summed E-state index contributed by atoms with van der Waals surface area (Å²) >= 11 is 0. The van der Waals surface area contributed by atoms with Gasteiger partial charge in [-0.2, -0.15) is 0 Å². The molecule has 0 aromatic heterocycles. The molecule has 1 heterocycles. The number of ether oxygens (including phenoxy) is 6. The van der Waals surface area contributed by atoms with E-state index >= 15 is 0 Å². The molecule has 0 saturated carbocycles. The Hall–Kier alpha value is -3.40. The van der Waals surface area contributed by atoms with Gasteiger partial charge in [-0.15, -0.1) is 0 Å². The number of aliphatic hydroxyl groups is 1. The molecular weight excluding hydrogens is 640 g/mol. The maximum Gasteiger partial charge on any atom is 0.186 e. The van der Waals surface area contributed by atoms with Crippen LogP contribution in [0.5, 0.6) is 0 Å². The van der Waals surface area contributed by atoms with Gasteiger partial charge in [-0.1, -0.05) is 160 Å². The molecule has 0 aliphatic carbocycles. The van der Waals surface area contributed by atoms with Gasteiger partial charge in [-0.25, -0.2) is 0 Å². The maximum absolute atomic E-state index is 9.02. The molecule has 1 saturated heterocycles. The lowest BCUT2D eigenvalue weighted by molar-refractivity contribution is -0.328. The summed E-state index contributed by atoms with van der Waals surface area (Å²) in [4.78, 5) is 0. The highest BCUT2D eigenvalue weighted by Crippen LogP contribution is 2.32. The van der Waals surface area contributed by atoms with Gasteiger partial charge in [0.1, 0.15) is 24.4 Å². The summed E-state index contributed by atoms with van der Waals surface area (Å²) in [5, 5.41) is 9.02. The van der Waals surface area contributed by atoms with Crippen LogP contribution in [0.2, 0.25) is 0 Å².